The molecule has 0 aliphatic heterocycles. The first-order valence-corrected chi connectivity index (χ1v) is 5.62. The number of hydrogen-bond donors (Lipinski definition) is 2. The van der Waals surface area contributed by atoms with Crippen molar-refractivity contribution >= 4 is 44.5 Å². The number of furan rings is 2. The summed E-state index contributed by atoms with van der Waals surface area (Å²) in [7, 11) is 0. The Kier molecular flexibility index (Phi) is 1.56. The fraction of sp³-hybridized carbons (Fsp3) is 0. The van der Waals surface area contributed by atoms with E-state index < -0.39 is 0 Å². The van der Waals surface area contributed by atoms with E-state index >= 15 is 0 Å². The van der Waals surface area contributed by atoms with Gasteiger partial charge in [-0.2, -0.15) is 0 Å². The van der Waals surface area contributed by atoms with Gasteiger partial charge in [0.15, 0.2) is 0 Å². The van der Waals surface area contributed by atoms with Gasteiger partial charge in [-0.3, -0.25) is 0 Å². The predicted molar refractivity (Wildman–Crippen MR) is 72.3 cm³/mol. The van der Waals surface area contributed by atoms with Gasteiger partial charge in [-0.25, -0.2) is 0 Å². The minimum atomic E-state index is 0.510. The Morgan fingerprint density at radius 3 is 1.72 bits per heavy atom. The van der Waals surface area contributed by atoms with Gasteiger partial charge in [0.25, 0.3) is 5.78 Å². The molecule has 2 heterocycles. The largest absolute Gasteiger partial charge is 0.425 e. The number of benzene rings is 2. The van der Waals surface area contributed by atoms with E-state index in [0.717, 1.165) is 27.3 Å². The molecule has 4 rings (SSSR count). The lowest BCUT2D eigenvalue weighted by atomic mass is 10.1. The Morgan fingerprint density at radius 2 is 1.22 bits per heavy atom. The molecule has 88 valence electrons. The summed E-state index contributed by atoms with van der Waals surface area (Å²) in [5, 5.41) is 2.84. The van der Waals surface area contributed by atoms with Gasteiger partial charge < -0.3 is 20.3 Å². The molecule has 0 bridgehead atoms. The Balaban J connectivity index is 2.30. The third-order valence-electron chi connectivity index (χ3n) is 3.16. The summed E-state index contributed by atoms with van der Waals surface area (Å²) >= 11 is 0. The molecule has 2 aromatic carbocycles. The molecular formula is C14H10N2O2. The second-order valence-corrected chi connectivity index (χ2v) is 4.38. The minimum absolute atomic E-state index is 0.510. The second kappa shape index (κ2) is 2.98. The lowest BCUT2D eigenvalue weighted by Crippen LogP contribution is -1.83. The number of nitrogens with two attached hydrogens (primary N) is 2. The van der Waals surface area contributed by atoms with Crippen LogP contribution in [0.1, 0.15) is 0 Å². The van der Waals surface area contributed by atoms with Crippen molar-refractivity contribution in [1.29, 1.82) is 0 Å². The van der Waals surface area contributed by atoms with E-state index in [-0.39, 0.29) is 0 Å². The van der Waals surface area contributed by atoms with Gasteiger partial charge in [-0.05, 0) is 36.4 Å². The Bertz CT molecular complexity index is 831. The van der Waals surface area contributed by atoms with Gasteiger partial charge in [-0.1, -0.05) is 0 Å². The summed E-state index contributed by atoms with van der Waals surface area (Å²) in [4.78, 5) is 0. The van der Waals surface area contributed by atoms with Crippen molar-refractivity contribution < 1.29 is 8.83 Å². The zero-order valence-electron chi connectivity index (χ0n) is 9.44. The summed E-state index contributed by atoms with van der Waals surface area (Å²) < 4.78 is 11.3. The van der Waals surface area contributed by atoms with Gasteiger partial charge in [0.1, 0.15) is 11.2 Å². The van der Waals surface area contributed by atoms with Gasteiger partial charge in [0, 0.05) is 22.1 Å². The van der Waals surface area contributed by atoms with Crippen molar-refractivity contribution in [3.8, 4) is 0 Å². The topological polar surface area (TPSA) is 78.3 Å². The van der Waals surface area contributed by atoms with Crippen LogP contribution in [0.3, 0.4) is 0 Å². The first-order valence-electron chi connectivity index (χ1n) is 5.62. The zero-order chi connectivity index (χ0) is 12.3. The van der Waals surface area contributed by atoms with E-state index in [9.17, 15) is 0 Å². The molecule has 0 unspecified atom stereocenters. The van der Waals surface area contributed by atoms with E-state index in [0.29, 0.717) is 17.2 Å². The molecule has 0 radical (unpaired) electrons. The maximum absolute atomic E-state index is 5.82. The number of anilines is 2. The number of nitrogen functional groups attached to an aromatic ring is 2. The summed E-state index contributed by atoms with van der Waals surface area (Å²) in [5.41, 5.74) is 14.6. The second-order valence-electron chi connectivity index (χ2n) is 4.38. The first kappa shape index (κ1) is 9.41. The van der Waals surface area contributed by atoms with Gasteiger partial charge in [0.2, 0.25) is 0 Å². The fourth-order valence-corrected chi connectivity index (χ4v) is 2.35. The van der Waals surface area contributed by atoms with E-state index in [4.69, 9.17) is 20.3 Å². The van der Waals surface area contributed by atoms with Crippen molar-refractivity contribution in [1.82, 2.24) is 0 Å². The Morgan fingerprint density at radius 1 is 0.722 bits per heavy atom. The normalized spacial score (nSPS) is 11.8. The van der Waals surface area contributed by atoms with Gasteiger partial charge in [0.05, 0.1) is 5.39 Å². The fourth-order valence-electron chi connectivity index (χ4n) is 2.35. The standard InChI is InChI=1S/C14H10N2O2/c15-7-1-3-11-9(5-7)13-10-6-8(16)2-4-12(10)18-14(13)17-11/h1-6H,15-16H2. The van der Waals surface area contributed by atoms with E-state index in [1.165, 1.54) is 0 Å². The summed E-state index contributed by atoms with van der Waals surface area (Å²) in [6.07, 6.45) is 0. The molecule has 0 aliphatic rings. The SMILES string of the molecule is Nc1ccc2oc3oc4ccc(N)cc4c3c2c1. The average molecular weight is 238 g/mol. The lowest BCUT2D eigenvalue weighted by Gasteiger charge is -1.94. The van der Waals surface area contributed by atoms with E-state index in [1.807, 2.05) is 24.3 Å². The molecule has 0 aliphatic carbocycles. The van der Waals surface area contributed by atoms with E-state index in [2.05, 4.69) is 0 Å². The smallest absolute Gasteiger partial charge is 0.299 e. The van der Waals surface area contributed by atoms with Crippen LogP contribution in [0.15, 0.2) is 45.2 Å². The number of fused-ring (bicyclic) bond motifs is 5. The lowest BCUT2D eigenvalue weighted by molar-refractivity contribution is 0.524. The molecule has 0 amide bonds. The third-order valence-corrected chi connectivity index (χ3v) is 3.16. The molecule has 0 saturated heterocycles. The molecule has 18 heavy (non-hydrogen) atoms. The van der Waals surface area contributed by atoms with Crippen LogP contribution >= 0.6 is 0 Å². The van der Waals surface area contributed by atoms with Crippen molar-refractivity contribution in [3.05, 3.63) is 36.4 Å². The highest BCUT2D eigenvalue weighted by atomic mass is 16.5. The molecule has 0 spiro atoms. The van der Waals surface area contributed by atoms with Gasteiger partial charge in [-0.15, -0.1) is 0 Å². The summed E-state index contributed by atoms with van der Waals surface area (Å²) in [6.45, 7) is 0. The van der Waals surface area contributed by atoms with Crippen LogP contribution in [-0.4, -0.2) is 0 Å². The monoisotopic (exact) mass is 238 g/mol. The molecule has 4 heteroatoms. The summed E-state index contributed by atoms with van der Waals surface area (Å²) in [6, 6.07) is 11.1. The van der Waals surface area contributed by atoms with Crippen molar-refractivity contribution in [2.24, 2.45) is 0 Å². The van der Waals surface area contributed by atoms with Crippen LogP contribution in [0.5, 0.6) is 0 Å². The maximum Gasteiger partial charge on any atom is 0.299 e. The Hall–Kier alpha value is -2.62. The highest BCUT2D eigenvalue weighted by Gasteiger charge is 2.15. The minimum Gasteiger partial charge on any atom is -0.425 e. The van der Waals surface area contributed by atoms with Crippen molar-refractivity contribution in [3.63, 3.8) is 0 Å². The van der Waals surface area contributed by atoms with Crippen molar-refractivity contribution in [2.45, 2.75) is 0 Å². The molecule has 2 aromatic heterocycles. The molecule has 0 fully saturated rings. The van der Waals surface area contributed by atoms with Crippen LogP contribution in [0.2, 0.25) is 0 Å². The van der Waals surface area contributed by atoms with Crippen LogP contribution in [0, 0.1) is 0 Å². The molecule has 0 saturated carbocycles. The molecular weight excluding hydrogens is 228 g/mol. The van der Waals surface area contributed by atoms with E-state index in [1.54, 1.807) is 12.1 Å². The quantitative estimate of drug-likeness (QED) is 0.459. The molecule has 4 aromatic rings. The number of rotatable bonds is 0. The zero-order valence-corrected chi connectivity index (χ0v) is 9.44. The maximum atomic E-state index is 5.82. The highest BCUT2D eigenvalue weighted by Crippen LogP contribution is 2.38. The Labute approximate surface area is 102 Å². The third kappa shape index (κ3) is 1.09. The first-order chi connectivity index (χ1) is 8.72. The highest BCUT2D eigenvalue weighted by molar-refractivity contribution is 6.18. The van der Waals surface area contributed by atoms with Crippen molar-refractivity contribution in [2.75, 3.05) is 11.5 Å². The van der Waals surface area contributed by atoms with Crippen LogP contribution in [0.25, 0.3) is 33.1 Å². The summed E-state index contributed by atoms with van der Waals surface area (Å²) in [5.74, 6) is 0.510. The number of hydrogen-bond acceptors (Lipinski definition) is 4. The van der Waals surface area contributed by atoms with Crippen LogP contribution in [0.4, 0.5) is 11.4 Å². The van der Waals surface area contributed by atoms with Gasteiger partial charge >= 0.3 is 0 Å². The average Bonchev–Trinajstić information content (AvgIpc) is 2.85. The van der Waals surface area contributed by atoms with Crippen LogP contribution < -0.4 is 11.5 Å². The predicted octanol–water partition coefficient (Wildman–Crippen LogP) is 3.50. The van der Waals surface area contributed by atoms with Crippen LogP contribution in [-0.2, 0) is 0 Å². The molecule has 4 N–H and O–H groups in total. The molecule has 0 atom stereocenters. The molecule has 4 nitrogen and oxygen atoms in total.